The summed E-state index contributed by atoms with van der Waals surface area (Å²) >= 11 is 0. The third-order valence-electron chi connectivity index (χ3n) is 4.65. The number of nitrogens with zero attached hydrogens (tertiary/aromatic N) is 2. The summed E-state index contributed by atoms with van der Waals surface area (Å²) in [6, 6.07) is 0. The minimum absolute atomic E-state index is 0.00916. The van der Waals surface area contributed by atoms with Crippen molar-refractivity contribution in [2.45, 2.75) is 57.4 Å². The molecule has 0 spiro atoms. The first-order valence-electron chi connectivity index (χ1n) is 7.77. The Bertz CT molecular complexity index is 437. The minimum Gasteiger partial charge on any atom is -0.480 e. The summed E-state index contributed by atoms with van der Waals surface area (Å²) in [5, 5.41) is 9.45. The molecule has 118 valence electrons. The number of hydrogen-bond acceptors (Lipinski definition) is 3. The molecule has 0 bridgehead atoms. The van der Waals surface area contributed by atoms with Crippen LogP contribution in [0.4, 0.5) is 0 Å². The fourth-order valence-corrected chi connectivity index (χ4v) is 3.20. The Hall–Kier alpha value is -1.59. The lowest BCUT2D eigenvalue weighted by molar-refractivity contribution is -0.162. The Labute approximate surface area is 125 Å². The maximum atomic E-state index is 12.5. The summed E-state index contributed by atoms with van der Waals surface area (Å²) in [5.41, 5.74) is -1.13. The fourth-order valence-electron chi connectivity index (χ4n) is 3.20. The van der Waals surface area contributed by atoms with Gasteiger partial charge in [0.2, 0.25) is 11.8 Å². The molecule has 2 aliphatic rings. The number of carbonyl (C=O) groups is 3. The van der Waals surface area contributed by atoms with E-state index < -0.39 is 11.5 Å². The zero-order chi connectivity index (χ0) is 15.5. The van der Waals surface area contributed by atoms with E-state index in [4.69, 9.17) is 0 Å². The minimum atomic E-state index is -1.13. The van der Waals surface area contributed by atoms with Gasteiger partial charge in [-0.2, -0.15) is 0 Å². The molecule has 0 saturated carbocycles. The van der Waals surface area contributed by atoms with Gasteiger partial charge >= 0.3 is 5.97 Å². The van der Waals surface area contributed by atoms with Crippen molar-refractivity contribution in [1.82, 2.24) is 9.80 Å². The topological polar surface area (TPSA) is 77.9 Å². The average molecular weight is 296 g/mol. The second kappa shape index (κ2) is 6.45. The van der Waals surface area contributed by atoms with Gasteiger partial charge < -0.3 is 14.9 Å². The van der Waals surface area contributed by atoms with Crippen LogP contribution in [0.15, 0.2) is 0 Å². The highest BCUT2D eigenvalue weighted by molar-refractivity contribution is 5.90. The first-order valence-corrected chi connectivity index (χ1v) is 7.77. The number of hydrogen-bond donors (Lipinski definition) is 1. The van der Waals surface area contributed by atoms with E-state index in [0.717, 1.165) is 32.1 Å². The Morgan fingerprint density at radius 2 is 1.86 bits per heavy atom. The van der Waals surface area contributed by atoms with Gasteiger partial charge in [0, 0.05) is 19.5 Å². The maximum absolute atomic E-state index is 12.5. The van der Waals surface area contributed by atoms with E-state index in [1.807, 2.05) is 0 Å². The molecule has 6 nitrogen and oxygen atoms in total. The molecule has 1 atom stereocenters. The van der Waals surface area contributed by atoms with Crippen LogP contribution >= 0.6 is 0 Å². The molecule has 2 aliphatic heterocycles. The predicted molar refractivity (Wildman–Crippen MR) is 76.7 cm³/mol. The molecule has 2 heterocycles. The highest BCUT2D eigenvalue weighted by Crippen LogP contribution is 2.28. The standard InChI is InChI=1S/C15H24N2O4/c1-15(14(20)21)8-4-6-10-17(15)13(19)11-16-9-5-2-3-7-12(16)18/h2-11H2,1H3,(H,20,21). The molecule has 2 amide bonds. The number of carboxylic acid groups (broad SMARTS) is 1. The van der Waals surface area contributed by atoms with Crippen LogP contribution in [0.5, 0.6) is 0 Å². The zero-order valence-electron chi connectivity index (χ0n) is 12.6. The number of aliphatic carboxylic acids is 1. The van der Waals surface area contributed by atoms with E-state index in [2.05, 4.69) is 0 Å². The molecule has 1 N–H and O–H groups in total. The summed E-state index contributed by atoms with van der Waals surface area (Å²) in [7, 11) is 0. The normalized spacial score (nSPS) is 27.4. The number of piperidine rings is 1. The lowest BCUT2D eigenvalue weighted by atomic mass is 9.88. The van der Waals surface area contributed by atoms with E-state index in [-0.39, 0.29) is 18.4 Å². The van der Waals surface area contributed by atoms with Crippen molar-refractivity contribution >= 4 is 17.8 Å². The van der Waals surface area contributed by atoms with Gasteiger partial charge in [0.15, 0.2) is 0 Å². The second-order valence-electron chi connectivity index (χ2n) is 6.21. The van der Waals surface area contributed by atoms with Crippen molar-refractivity contribution in [3.05, 3.63) is 0 Å². The molecule has 2 rings (SSSR count). The summed E-state index contributed by atoms with van der Waals surface area (Å²) in [6.45, 7) is 2.68. The molecular weight excluding hydrogens is 272 g/mol. The molecule has 0 radical (unpaired) electrons. The van der Waals surface area contributed by atoms with Crippen LogP contribution in [0.2, 0.25) is 0 Å². The number of likely N-dealkylation sites (tertiary alicyclic amines) is 2. The van der Waals surface area contributed by atoms with Crippen molar-refractivity contribution in [3.8, 4) is 0 Å². The van der Waals surface area contributed by atoms with Crippen molar-refractivity contribution in [3.63, 3.8) is 0 Å². The van der Waals surface area contributed by atoms with Crippen LogP contribution in [0, 0.1) is 0 Å². The van der Waals surface area contributed by atoms with Gasteiger partial charge in [-0.15, -0.1) is 0 Å². The van der Waals surface area contributed by atoms with Crippen LogP contribution in [0.1, 0.15) is 51.9 Å². The third-order valence-corrected chi connectivity index (χ3v) is 4.65. The Kier molecular flexibility index (Phi) is 4.85. The van der Waals surface area contributed by atoms with Crippen molar-refractivity contribution in [1.29, 1.82) is 0 Å². The van der Waals surface area contributed by atoms with E-state index in [9.17, 15) is 19.5 Å². The van der Waals surface area contributed by atoms with Crippen LogP contribution < -0.4 is 0 Å². The molecule has 6 heteroatoms. The fraction of sp³-hybridized carbons (Fsp3) is 0.800. The number of carbonyl (C=O) groups excluding carboxylic acids is 2. The van der Waals surface area contributed by atoms with Crippen molar-refractivity contribution < 1.29 is 19.5 Å². The molecule has 0 aromatic carbocycles. The molecular formula is C15H24N2O4. The van der Waals surface area contributed by atoms with Crippen LogP contribution in [-0.2, 0) is 14.4 Å². The SMILES string of the molecule is CC1(C(=O)O)CCCCN1C(=O)CN1CCCCCC1=O. The summed E-state index contributed by atoms with van der Waals surface area (Å²) in [5.74, 6) is -1.19. The van der Waals surface area contributed by atoms with E-state index in [1.54, 1.807) is 11.8 Å². The largest absolute Gasteiger partial charge is 0.480 e. The number of rotatable bonds is 3. The molecule has 2 saturated heterocycles. The Balaban J connectivity index is 2.07. The third kappa shape index (κ3) is 3.36. The smallest absolute Gasteiger partial charge is 0.329 e. The zero-order valence-corrected chi connectivity index (χ0v) is 12.6. The number of carboxylic acids is 1. The lowest BCUT2D eigenvalue weighted by Crippen LogP contribution is -2.59. The van der Waals surface area contributed by atoms with E-state index in [1.165, 1.54) is 4.90 Å². The van der Waals surface area contributed by atoms with E-state index >= 15 is 0 Å². The summed E-state index contributed by atoms with van der Waals surface area (Å²) < 4.78 is 0. The molecule has 1 unspecified atom stereocenters. The average Bonchev–Trinajstić information content (AvgIpc) is 2.64. The molecule has 0 aromatic heterocycles. The summed E-state index contributed by atoms with van der Waals surface area (Å²) in [6.07, 6.45) is 5.39. The molecule has 2 fully saturated rings. The highest BCUT2D eigenvalue weighted by atomic mass is 16.4. The van der Waals surface area contributed by atoms with Gasteiger partial charge in [-0.1, -0.05) is 6.42 Å². The van der Waals surface area contributed by atoms with Gasteiger partial charge in [-0.3, -0.25) is 9.59 Å². The Morgan fingerprint density at radius 1 is 1.14 bits per heavy atom. The molecule has 21 heavy (non-hydrogen) atoms. The maximum Gasteiger partial charge on any atom is 0.329 e. The van der Waals surface area contributed by atoms with Gasteiger partial charge in [-0.05, 0) is 39.0 Å². The predicted octanol–water partition coefficient (Wildman–Crippen LogP) is 1.24. The lowest BCUT2D eigenvalue weighted by Gasteiger charge is -2.42. The van der Waals surface area contributed by atoms with Gasteiger partial charge in [-0.25, -0.2) is 4.79 Å². The van der Waals surface area contributed by atoms with Crippen LogP contribution in [-0.4, -0.2) is 57.9 Å². The van der Waals surface area contributed by atoms with Crippen LogP contribution in [0.3, 0.4) is 0 Å². The Morgan fingerprint density at radius 3 is 2.57 bits per heavy atom. The first-order chi connectivity index (χ1) is 9.95. The molecule has 0 aliphatic carbocycles. The highest BCUT2D eigenvalue weighted by Gasteiger charge is 2.44. The summed E-state index contributed by atoms with van der Waals surface area (Å²) in [4.78, 5) is 39.1. The molecule has 0 aromatic rings. The van der Waals surface area contributed by atoms with Gasteiger partial charge in [0.1, 0.15) is 5.54 Å². The van der Waals surface area contributed by atoms with Gasteiger partial charge in [0.05, 0.1) is 6.54 Å². The van der Waals surface area contributed by atoms with Crippen LogP contribution in [0.25, 0.3) is 0 Å². The second-order valence-corrected chi connectivity index (χ2v) is 6.21. The first kappa shape index (κ1) is 15.8. The van der Waals surface area contributed by atoms with Gasteiger partial charge in [0.25, 0.3) is 0 Å². The van der Waals surface area contributed by atoms with Crippen molar-refractivity contribution in [2.75, 3.05) is 19.6 Å². The quantitative estimate of drug-likeness (QED) is 0.850. The van der Waals surface area contributed by atoms with Crippen molar-refractivity contribution in [2.24, 2.45) is 0 Å². The van der Waals surface area contributed by atoms with E-state index in [0.29, 0.717) is 25.9 Å². The monoisotopic (exact) mass is 296 g/mol. The number of amides is 2.